The summed E-state index contributed by atoms with van der Waals surface area (Å²) in [6, 6.07) is 0. The summed E-state index contributed by atoms with van der Waals surface area (Å²) in [6.07, 6.45) is 4.60. The van der Waals surface area contributed by atoms with Gasteiger partial charge < -0.3 is 5.73 Å². The molecular weight excluding hydrogens is 154 g/mol. The average Bonchev–Trinajstić information content (AvgIpc) is 2.03. The van der Waals surface area contributed by atoms with Gasteiger partial charge in [-0.15, -0.1) is 0 Å². The number of hydrogen-bond acceptors (Lipinski definition) is 3. The standard InChI is InChI=1S/C8H13N3O/c1-2-3-4-6-5-10-8(12)11-7(6)9/h5H,2-4H2,1H3,(H3,9,10,11,12). The van der Waals surface area contributed by atoms with Gasteiger partial charge >= 0.3 is 5.69 Å². The molecule has 1 aromatic heterocycles. The highest BCUT2D eigenvalue weighted by Crippen LogP contribution is 2.07. The zero-order chi connectivity index (χ0) is 8.97. The highest BCUT2D eigenvalue weighted by molar-refractivity contribution is 5.36. The molecule has 1 heterocycles. The molecule has 0 aliphatic carbocycles. The molecule has 12 heavy (non-hydrogen) atoms. The fourth-order valence-electron chi connectivity index (χ4n) is 1.00. The summed E-state index contributed by atoms with van der Waals surface area (Å²) in [7, 11) is 0. The second-order valence-electron chi connectivity index (χ2n) is 2.73. The first-order valence-electron chi connectivity index (χ1n) is 4.07. The summed E-state index contributed by atoms with van der Waals surface area (Å²) >= 11 is 0. The molecule has 0 saturated heterocycles. The van der Waals surface area contributed by atoms with Crippen molar-refractivity contribution >= 4 is 5.82 Å². The van der Waals surface area contributed by atoms with Crippen molar-refractivity contribution in [1.82, 2.24) is 9.97 Å². The van der Waals surface area contributed by atoms with E-state index in [0.29, 0.717) is 5.82 Å². The molecule has 0 aromatic carbocycles. The Hall–Kier alpha value is -1.32. The lowest BCUT2D eigenvalue weighted by Crippen LogP contribution is -2.13. The number of aryl methyl sites for hydroxylation is 1. The maximum absolute atomic E-state index is 10.7. The Bertz CT molecular complexity index is 305. The maximum atomic E-state index is 10.7. The Morgan fingerprint density at radius 1 is 1.67 bits per heavy atom. The van der Waals surface area contributed by atoms with Gasteiger partial charge in [0.1, 0.15) is 5.82 Å². The third kappa shape index (κ3) is 2.08. The quantitative estimate of drug-likeness (QED) is 0.695. The van der Waals surface area contributed by atoms with Gasteiger partial charge in [0, 0.05) is 11.8 Å². The molecule has 4 heteroatoms. The molecule has 0 radical (unpaired) electrons. The van der Waals surface area contributed by atoms with Crippen LogP contribution in [0.25, 0.3) is 0 Å². The SMILES string of the molecule is CCCCc1cnc(=O)[nH]c1N. The van der Waals surface area contributed by atoms with Crippen LogP contribution in [0.4, 0.5) is 5.82 Å². The van der Waals surface area contributed by atoms with Crippen LogP contribution in [0, 0.1) is 0 Å². The molecule has 0 spiro atoms. The van der Waals surface area contributed by atoms with Crippen molar-refractivity contribution in [3.63, 3.8) is 0 Å². The van der Waals surface area contributed by atoms with Gasteiger partial charge in [0.2, 0.25) is 0 Å². The van der Waals surface area contributed by atoms with Crippen LogP contribution >= 0.6 is 0 Å². The third-order valence-corrected chi connectivity index (χ3v) is 1.72. The number of nitrogens with one attached hydrogen (secondary N) is 1. The van der Waals surface area contributed by atoms with Crippen molar-refractivity contribution in [3.8, 4) is 0 Å². The Labute approximate surface area is 70.8 Å². The molecule has 0 aliphatic heterocycles. The summed E-state index contributed by atoms with van der Waals surface area (Å²) in [6.45, 7) is 2.11. The van der Waals surface area contributed by atoms with E-state index in [9.17, 15) is 4.79 Å². The average molecular weight is 167 g/mol. The number of hydrogen-bond donors (Lipinski definition) is 2. The number of aromatic amines is 1. The predicted octanol–water partition coefficient (Wildman–Crippen LogP) is 0.695. The molecule has 0 bridgehead atoms. The van der Waals surface area contributed by atoms with Crippen molar-refractivity contribution in [1.29, 1.82) is 0 Å². The Balaban J connectivity index is 2.79. The minimum atomic E-state index is -0.382. The summed E-state index contributed by atoms with van der Waals surface area (Å²) < 4.78 is 0. The van der Waals surface area contributed by atoms with Crippen LogP contribution in [0.3, 0.4) is 0 Å². The number of nitrogens with two attached hydrogens (primary N) is 1. The molecule has 0 fully saturated rings. The molecule has 0 unspecified atom stereocenters. The number of aromatic nitrogens is 2. The topological polar surface area (TPSA) is 71.8 Å². The fourth-order valence-corrected chi connectivity index (χ4v) is 1.00. The Kier molecular flexibility index (Phi) is 2.85. The van der Waals surface area contributed by atoms with Gasteiger partial charge in [0.15, 0.2) is 0 Å². The van der Waals surface area contributed by atoms with Crippen LogP contribution in [0.1, 0.15) is 25.3 Å². The summed E-state index contributed by atoms with van der Waals surface area (Å²) in [5.41, 5.74) is 6.11. The van der Waals surface area contributed by atoms with Crippen molar-refractivity contribution in [3.05, 3.63) is 22.2 Å². The highest BCUT2D eigenvalue weighted by atomic mass is 16.1. The third-order valence-electron chi connectivity index (χ3n) is 1.72. The van der Waals surface area contributed by atoms with Gasteiger partial charge in [0.05, 0.1) is 0 Å². The monoisotopic (exact) mass is 167 g/mol. The molecule has 66 valence electrons. The van der Waals surface area contributed by atoms with E-state index >= 15 is 0 Å². The Morgan fingerprint density at radius 3 is 3.00 bits per heavy atom. The van der Waals surface area contributed by atoms with Crippen LogP contribution in [0.5, 0.6) is 0 Å². The van der Waals surface area contributed by atoms with E-state index in [1.807, 2.05) is 0 Å². The van der Waals surface area contributed by atoms with Gasteiger partial charge in [-0.05, 0) is 12.8 Å². The lowest BCUT2D eigenvalue weighted by Gasteiger charge is -2.01. The molecule has 0 amide bonds. The van der Waals surface area contributed by atoms with Crippen LogP contribution in [-0.2, 0) is 6.42 Å². The van der Waals surface area contributed by atoms with Gasteiger partial charge in [-0.3, -0.25) is 4.98 Å². The van der Waals surface area contributed by atoms with E-state index in [1.54, 1.807) is 6.20 Å². The van der Waals surface area contributed by atoms with Gasteiger partial charge in [-0.25, -0.2) is 9.78 Å². The molecule has 1 rings (SSSR count). The van der Waals surface area contributed by atoms with E-state index in [2.05, 4.69) is 16.9 Å². The predicted molar refractivity (Wildman–Crippen MR) is 47.9 cm³/mol. The number of rotatable bonds is 3. The number of nitrogen functional groups attached to an aromatic ring is 1. The number of anilines is 1. The number of unbranched alkanes of at least 4 members (excludes halogenated alkanes) is 1. The molecule has 1 aromatic rings. The molecule has 4 nitrogen and oxygen atoms in total. The van der Waals surface area contributed by atoms with E-state index in [-0.39, 0.29) is 5.69 Å². The van der Waals surface area contributed by atoms with Gasteiger partial charge in [-0.1, -0.05) is 13.3 Å². The summed E-state index contributed by atoms with van der Waals surface area (Å²) in [4.78, 5) is 16.7. The zero-order valence-corrected chi connectivity index (χ0v) is 7.13. The van der Waals surface area contributed by atoms with Crippen molar-refractivity contribution < 1.29 is 0 Å². The largest absolute Gasteiger partial charge is 0.385 e. The number of H-pyrrole nitrogens is 1. The second kappa shape index (κ2) is 3.90. The lowest BCUT2D eigenvalue weighted by molar-refractivity contribution is 0.788. The van der Waals surface area contributed by atoms with Crippen molar-refractivity contribution in [2.24, 2.45) is 0 Å². The summed E-state index contributed by atoms with van der Waals surface area (Å²) in [5.74, 6) is 0.448. The van der Waals surface area contributed by atoms with Crippen LogP contribution in [0.15, 0.2) is 11.0 Å². The lowest BCUT2D eigenvalue weighted by atomic mass is 10.1. The first kappa shape index (κ1) is 8.77. The molecule has 3 N–H and O–H groups in total. The van der Waals surface area contributed by atoms with Gasteiger partial charge in [0.25, 0.3) is 0 Å². The second-order valence-corrected chi connectivity index (χ2v) is 2.73. The molecule has 0 saturated carbocycles. The summed E-state index contributed by atoms with van der Waals surface area (Å²) in [5, 5.41) is 0. The van der Waals surface area contributed by atoms with E-state index < -0.39 is 0 Å². The highest BCUT2D eigenvalue weighted by Gasteiger charge is 1.98. The van der Waals surface area contributed by atoms with Crippen LogP contribution in [-0.4, -0.2) is 9.97 Å². The van der Waals surface area contributed by atoms with Crippen LogP contribution < -0.4 is 11.4 Å². The Morgan fingerprint density at radius 2 is 2.42 bits per heavy atom. The fraction of sp³-hybridized carbons (Fsp3) is 0.500. The molecule has 0 atom stereocenters. The van der Waals surface area contributed by atoms with Crippen molar-refractivity contribution in [2.75, 3.05) is 5.73 Å². The maximum Gasteiger partial charge on any atom is 0.346 e. The van der Waals surface area contributed by atoms with E-state index in [1.165, 1.54) is 0 Å². The van der Waals surface area contributed by atoms with E-state index in [0.717, 1.165) is 24.8 Å². The van der Waals surface area contributed by atoms with Gasteiger partial charge in [-0.2, -0.15) is 0 Å². The first-order chi connectivity index (χ1) is 5.74. The zero-order valence-electron chi connectivity index (χ0n) is 7.13. The molecule has 0 aliphatic rings. The minimum absolute atomic E-state index is 0.382. The van der Waals surface area contributed by atoms with Crippen LogP contribution in [0.2, 0.25) is 0 Å². The normalized spacial score (nSPS) is 10.1. The smallest absolute Gasteiger partial charge is 0.346 e. The van der Waals surface area contributed by atoms with Crippen molar-refractivity contribution in [2.45, 2.75) is 26.2 Å². The molecular formula is C8H13N3O. The minimum Gasteiger partial charge on any atom is -0.385 e. The first-order valence-corrected chi connectivity index (χ1v) is 4.07. The number of nitrogens with zero attached hydrogens (tertiary/aromatic N) is 1. The van der Waals surface area contributed by atoms with E-state index in [4.69, 9.17) is 5.73 Å².